The Morgan fingerprint density at radius 3 is 2.40 bits per heavy atom. The molecule has 25 heavy (non-hydrogen) atoms. The fourth-order valence-corrected chi connectivity index (χ4v) is 2.42. The van der Waals surface area contributed by atoms with Crippen LogP contribution in [0.3, 0.4) is 0 Å². The van der Waals surface area contributed by atoms with Gasteiger partial charge in [0.25, 0.3) is 5.91 Å². The molecule has 2 aromatic rings. The minimum absolute atomic E-state index is 0.154. The molecule has 0 radical (unpaired) electrons. The number of hydrogen-bond donors (Lipinski definition) is 1. The molecule has 1 amide bonds. The van der Waals surface area contributed by atoms with Gasteiger partial charge in [-0.1, -0.05) is 37.3 Å². The van der Waals surface area contributed by atoms with Crippen molar-refractivity contribution in [1.82, 2.24) is 0 Å². The summed E-state index contributed by atoms with van der Waals surface area (Å²) in [5, 5.41) is 2.91. The van der Waals surface area contributed by atoms with E-state index in [0.29, 0.717) is 11.1 Å². The molecular formula is C19H20F3NO2. The number of nitrogens with one attached hydrogen (secondary N) is 1. The quantitative estimate of drug-likeness (QED) is 0.805. The van der Waals surface area contributed by atoms with Crippen molar-refractivity contribution in [2.24, 2.45) is 0 Å². The Labute approximate surface area is 144 Å². The van der Waals surface area contributed by atoms with Gasteiger partial charge >= 0.3 is 6.18 Å². The summed E-state index contributed by atoms with van der Waals surface area (Å²) in [6.45, 7) is 2.50. The lowest BCUT2D eigenvalue weighted by atomic mass is 10.1. The van der Waals surface area contributed by atoms with Crippen molar-refractivity contribution in [3.8, 4) is 0 Å². The average Bonchev–Trinajstić information content (AvgIpc) is 2.56. The molecule has 0 aliphatic rings. The Bertz CT molecular complexity index is 724. The van der Waals surface area contributed by atoms with Gasteiger partial charge in [-0.2, -0.15) is 13.2 Å². The van der Waals surface area contributed by atoms with Crippen molar-refractivity contribution in [3.05, 3.63) is 64.7 Å². The zero-order valence-corrected chi connectivity index (χ0v) is 14.1. The molecule has 0 bridgehead atoms. The number of benzene rings is 2. The second-order valence-electron chi connectivity index (χ2n) is 5.72. The highest BCUT2D eigenvalue weighted by Gasteiger charge is 2.27. The van der Waals surface area contributed by atoms with Gasteiger partial charge in [-0.3, -0.25) is 4.79 Å². The summed E-state index contributed by atoms with van der Waals surface area (Å²) in [5.74, 6) is -0.258. The number of alkyl halides is 3. The third kappa shape index (κ3) is 5.60. The highest BCUT2D eigenvalue weighted by molar-refractivity contribution is 6.05. The summed E-state index contributed by atoms with van der Waals surface area (Å²) in [7, 11) is 0. The van der Waals surface area contributed by atoms with Gasteiger partial charge in [0.05, 0.1) is 6.61 Å². The first-order valence-corrected chi connectivity index (χ1v) is 7.93. The predicted molar refractivity (Wildman–Crippen MR) is 90.7 cm³/mol. The van der Waals surface area contributed by atoms with E-state index in [1.807, 2.05) is 32.0 Å². The molecule has 1 N–H and O–H groups in total. The van der Waals surface area contributed by atoms with E-state index in [2.05, 4.69) is 10.1 Å². The number of aryl methyl sites for hydroxylation is 2. The van der Waals surface area contributed by atoms with Crippen LogP contribution >= 0.6 is 0 Å². The average molecular weight is 351 g/mol. The highest BCUT2D eigenvalue weighted by atomic mass is 19.4. The fourth-order valence-electron chi connectivity index (χ4n) is 2.42. The summed E-state index contributed by atoms with van der Waals surface area (Å²) in [6, 6.07) is 12.2. The van der Waals surface area contributed by atoms with Gasteiger partial charge in [-0.05, 0) is 42.2 Å². The number of anilines is 1. The van der Waals surface area contributed by atoms with Gasteiger partial charge in [-0.25, -0.2) is 0 Å². The molecular weight excluding hydrogens is 331 g/mol. The van der Waals surface area contributed by atoms with Gasteiger partial charge in [0.2, 0.25) is 0 Å². The van der Waals surface area contributed by atoms with Crippen molar-refractivity contribution in [3.63, 3.8) is 0 Å². The molecule has 0 aliphatic heterocycles. The Morgan fingerprint density at radius 2 is 1.80 bits per heavy atom. The van der Waals surface area contributed by atoms with Crippen LogP contribution in [-0.2, 0) is 17.8 Å². The third-order valence-electron chi connectivity index (χ3n) is 3.73. The predicted octanol–water partition coefficient (Wildman–Crippen LogP) is 4.89. The molecule has 0 spiro atoms. The lowest BCUT2D eigenvalue weighted by molar-refractivity contribution is -0.176. The minimum atomic E-state index is -4.34. The molecule has 3 nitrogen and oxygen atoms in total. The fraction of sp³-hybridized carbons (Fsp3) is 0.316. The number of carbonyl (C=O) groups is 1. The van der Waals surface area contributed by atoms with Crippen LogP contribution < -0.4 is 5.32 Å². The zero-order chi connectivity index (χ0) is 18.4. The number of ether oxygens (including phenoxy) is 1. The normalized spacial score (nSPS) is 11.4. The van der Waals surface area contributed by atoms with E-state index in [0.717, 1.165) is 23.2 Å². The second-order valence-corrected chi connectivity index (χ2v) is 5.72. The number of rotatable bonds is 6. The monoisotopic (exact) mass is 351 g/mol. The maximum absolute atomic E-state index is 12.4. The first-order valence-electron chi connectivity index (χ1n) is 7.93. The van der Waals surface area contributed by atoms with Crippen LogP contribution in [0.15, 0.2) is 42.5 Å². The van der Waals surface area contributed by atoms with Gasteiger partial charge in [0.15, 0.2) is 0 Å². The summed E-state index contributed by atoms with van der Waals surface area (Å²) in [4.78, 5) is 12.4. The number of carbonyl (C=O) groups excluding carboxylic acids is 1. The highest BCUT2D eigenvalue weighted by Crippen LogP contribution is 2.22. The first kappa shape index (κ1) is 19.0. The van der Waals surface area contributed by atoms with Crippen LogP contribution in [0, 0.1) is 6.92 Å². The number of para-hydroxylation sites is 1. The van der Waals surface area contributed by atoms with Gasteiger partial charge in [-0.15, -0.1) is 0 Å². The molecule has 0 fully saturated rings. The largest absolute Gasteiger partial charge is 0.411 e. The minimum Gasteiger partial charge on any atom is -0.367 e. The van der Waals surface area contributed by atoms with Crippen molar-refractivity contribution in [2.75, 3.05) is 11.9 Å². The molecule has 2 rings (SSSR count). The summed E-state index contributed by atoms with van der Waals surface area (Å²) >= 11 is 0. The summed E-state index contributed by atoms with van der Waals surface area (Å²) in [6.07, 6.45) is -3.54. The molecule has 0 unspecified atom stereocenters. The zero-order valence-electron chi connectivity index (χ0n) is 14.1. The SMILES string of the molecule is CCc1cccc(C)c1NC(=O)c1ccc(COCC(F)(F)F)cc1. The summed E-state index contributed by atoms with van der Waals surface area (Å²) < 4.78 is 40.8. The Balaban J connectivity index is 2.01. The number of halogens is 3. The van der Waals surface area contributed by atoms with E-state index in [1.165, 1.54) is 0 Å². The van der Waals surface area contributed by atoms with Crippen molar-refractivity contribution in [1.29, 1.82) is 0 Å². The van der Waals surface area contributed by atoms with Crippen LogP contribution in [0.25, 0.3) is 0 Å². The Morgan fingerprint density at radius 1 is 1.12 bits per heavy atom. The van der Waals surface area contributed by atoms with Crippen molar-refractivity contribution in [2.45, 2.75) is 33.1 Å². The van der Waals surface area contributed by atoms with E-state index in [1.54, 1.807) is 24.3 Å². The van der Waals surface area contributed by atoms with Crippen molar-refractivity contribution >= 4 is 11.6 Å². The lowest BCUT2D eigenvalue weighted by Crippen LogP contribution is -2.17. The van der Waals surface area contributed by atoms with E-state index in [4.69, 9.17) is 0 Å². The molecule has 2 aromatic carbocycles. The third-order valence-corrected chi connectivity index (χ3v) is 3.73. The second kappa shape index (κ2) is 8.16. The molecule has 134 valence electrons. The van der Waals surface area contributed by atoms with Gasteiger partial charge < -0.3 is 10.1 Å². The van der Waals surface area contributed by atoms with E-state index >= 15 is 0 Å². The molecule has 0 saturated heterocycles. The Hall–Kier alpha value is -2.34. The Kier molecular flexibility index (Phi) is 6.20. The van der Waals surface area contributed by atoms with Crippen molar-refractivity contribution < 1.29 is 22.7 Å². The first-order chi connectivity index (χ1) is 11.8. The maximum Gasteiger partial charge on any atom is 0.411 e. The number of hydrogen-bond acceptors (Lipinski definition) is 2. The lowest BCUT2D eigenvalue weighted by Gasteiger charge is -2.13. The smallest absolute Gasteiger partial charge is 0.367 e. The molecule has 0 saturated carbocycles. The van der Waals surface area contributed by atoms with E-state index in [-0.39, 0.29) is 12.5 Å². The molecule has 0 aromatic heterocycles. The van der Waals surface area contributed by atoms with E-state index in [9.17, 15) is 18.0 Å². The number of amides is 1. The van der Waals surface area contributed by atoms with Crippen LogP contribution in [0.1, 0.15) is 34.0 Å². The van der Waals surface area contributed by atoms with Gasteiger partial charge in [0, 0.05) is 11.3 Å². The van der Waals surface area contributed by atoms with Gasteiger partial charge in [0.1, 0.15) is 6.61 Å². The maximum atomic E-state index is 12.4. The topological polar surface area (TPSA) is 38.3 Å². The molecule has 0 atom stereocenters. The van der Waals surface area contributed by atoms with E-state index < -0.39 is 12.8 Å². The molecule has 6 heteroatoms. The van der Waals surface area contributed by atoms with Crippen LogP contribution in [-0.4, -0.2) is 18.7 Å². The molecule has 0 heterocycles. The standard InChI is InChI=1S/C19H20F3NO2/c1-3-15-6-4-5-13(2)17(15)23-18(24)16-9-7-14(8-10-16)11-25-12-19(20,21)22/h4-10H,3,11-12H2,1-2H3,(H,23,24). The van der Waals surface area contributed by atoms with Crippen LogP contribution in [0.5, 0.6) is 0 Å². The molecule has 0 aliphatic carbocycles. The van der Waals surface area contributed by atoms with Crippen LogP contribution in [0.2, 0.25) is 0 Å². The summed E-state index contributed by atoms with van der Waals surface area (Å²) in [5.41, 5.74) is 3.83. The van der Waals surface area contributed by atoms with Crippen LogP contribution in [0.4, 0.5) is 18.9 Å².